The molecule has 0 saturated heterocycles. The third kappa shape index (κ3) is 7.76. The normalized spacial score (nSPS) is 16.4. The summed E-state index contributed by atoms with van der Waals surface area (Å²) in [6.45, 7) is 14.9. The van der Waals surface area contributed by atoms with Crippen LogP contribution in [0.15, 0.2) is 30.3 Å². The van der Waals surface area contributed by atoms with Crippen LogP contribution in [-0.2, 0) is 14.3 Å². The first-order chi connectivity index (χ1) is 15.2. The summed E-state index contributed by atoms with van der Waals surface area (Å²) < 4.78 is 5.41. The molecule has 1 fully saturated rings. The highest BCUT2D eigenvalue weighted by atomic mass is 16.6. The summed E-state index contributed by atoms with van der Waals surface area (Å²) in [5.41, 5.74) is -0.383. The van der Waals surface area contributed by atoms with Crippen LogP contribution in [0.5, 0.6) is 0 Å². The van der Waals surface area contributed by atoms with Gasteiger partial charge >= 0.3 is 6.09 Å². The maximum absolute atomic E-state index is 14.0. The number of ether oxygens (including phenoxy) is 1. The topological polar surface area (TPSA) is 87.7 Å². The molecule has 2 unspecified atom stereocenters. The molecule has 0 heterocycles. The van der Waals surface area contributed by atoms with E-state index in [-0.39, 0.29) is 23.8 Å². The quantitative estimate of drug-likeness (QED) is 0.625. The van der Waals surface area contributed by atoms with E-state index in [0.29, 0.717) is 0 Å². The molecule has 1 aliphatic carbocycles. The molecular weight excluding hydrogens is 418 g/mol. The van der Waals surface area contributed by atoms with Gasteiger partial charge in [0.05, 0.1) is 0 Å². The number of alkyl carbamates (subject to hydrolysis) is 1. The van der Waals surface area contributed by atoms with Crippen molar-refractivity contribution in [1.82, 2.24) is 15.5 Å². The zero-order valence-corrected chi connectivity index (χ0v) is 21.4. The van der Waals surface area contributed by atoms with Gasteiger partial charge in [0.25, 0.3) is 0 Å². The summed E-state index contributed by atoms with van der Waals surface area (Å²) in [5.74, 6) is -0.679. The molecular formula is C26H41N3O4. The van der Waals surface area contributed by atoms with E-state index in [1.54, 1.807) is 25.7 Å². The molecule has 0 bridgehead atoms. The fraction of sp³-hybridized carbons (Fsp3) is 0.654. The van der Waals surface area contributed by atoms with Crippen LogP contribution in [-0.4, -0.2) is 46.0 Å². The highest BCUT2D eigenvalue weighted by Crippen LogP contribution is 2.34. The van der Waals surface area contributed by atoms with Gasteiger partial charge in [-0.15, -0.1) is 0 Å². The molecule has 184 valence electrons. The van der Waals surface area contributed by atoms with Gasteiger partial charge in [-0.2, -0.15) is 0 Å². The van der Waals surface area contributed by atoms with Crippen molar-refractivity contribution in [2.75, 3.05) is 0 Å². The Balaban J connectivity index is 2.45. The second-order valence-electron chi connectivity index (χ2n) is 11.3. The van der Waals surface area contributed by atoms with E-state index in [0.717, 1.165) is 24.8 Å². The number of hydrogen-bond donors (Lipinski definition) is 2. The number of carbonyl (C=O) groups excluding carboxylic acids is 3. The first kappa shape index (κ1) is 26.7. The van der Waals surface area contributed by atoms with Gasteiger partial charge in [0.1, 0.15) is 17.7 Å². The van der Waals surface area contributed by atoms with Crippen molar-refractivity contribution in [2.24, 2.45) is 5.92 Å². The van der Waals surface area contributed by atoms with Crippen molar-refractivity contribution in [2.45, 2.75) is 104 Å². The van der Waals surface area contributed by atoms with Gasteiger partial charge in [-0.05, 0) is 72.3 Å². The average Bonchev–Trinajstić information content (AvgIpc) is 2.61. The van der Waals surface area contributed by atoms with Crippen molar-refractivity contribution < 1.29 is 19.1 Å². The van der Waals surface area contributed by atoms with Crippen molar-refractivity contribution in [3.05, 3.63) is 35.9 Å². The standard InChI is InChI=1S/C26H41N3O4/c1-17(2)20(27-24(32)33-26(6,7)8)23(31)29(19-15-12-16-19)21(18-13-10-9-11-14-18)22(30)28-25(3,4)5/h9-11,13-14,17,19-21H,12,15-16H2,1-8H3,(H,27,32)(H,28,30). The van der Waals surface area contributed by atoms with Crippen LogP contribution >= 0.6 is 0 Å². The van der Waals surface area contributed by atoms with Gasteiger partial charge in [-0.3, -0.25) is 9.59 Å². The summed E-state index contributed by atoms with van der Waals surface area (Å²) in [6, 6.07) is 7.71. The minimum Gasteiger partial charge on any atom is -0.444 e. The van der Waals surface area contributed by atoms with Crippen LogP contribution in [0.3, 0.4) is 0 Å². The van der Waals surface area contributed by atoms with Crippen LogP contribution in [0.2, 0.25) is 0 Å². The van der Waals surface area contributed by atoms with E-state index < -0.39 is 29.3 Å². The Labute approximate surface area is 198 Å². The van der Waals surface area contributed by atoms with Crippen LogP contribution in [0.1, 0.15) is 86.3 Å². The first-order valence-corrected chi connectivity index (χ1v) is 11.9. The predicted molar refractivity (Wildman–Crippen MR) is 130 cm³/mol. The zero-order chi connectivity index (χ0) is 25.0. The lowest BCUT2D eigenvalue weighted by atomic mass is 9.87. The number of carbonyl (C=O) groups is 3. The number of hydrogen-bond acceptors (Lipinski definition) is 4. The Bertz CT molecular complexity index is 820. The molecule has 2 rings (SSSR count). The molecule has 2 atom stereocenters. The summed E-state index contributed by atoms with van der Waals surface area (Å²) in [7, 11) is 0. The third-order valence-corrected chi connectivity index (χ3v) is 5.47. The van der Waals surface area contributed by atoms with Crippen molar-refractivity contribution in [3.63, 3.8) is 0 Å². The second kappa shape index (κ2) is 10.6. The SMILES string of the molecule is CC(C)C(NC(=O)OC(C)(C)C)C(=O)N(C1CCC1)C(C(=O)NC(C)(C)C)c1ccccc1. The Kier molecular flexibility index (Phi) is 8.55. The third-order valence-electron chi connectivity index (χ3n) is 5.47. The van der Waals surface area contributed by atoms with Crippen molar-refractivity contribution >= 4 is 17.9 Å². The molecule has 0 aromatic heterocycles. The summed E-state index contributed by atoms with van der Waals surface area (Å²) in [6.07, 6.45) is 2.02. The fourth-order valence-electron chi connectivity index (χ4n) is 3.80. The molecule has 1 saturated carbocycles. The van der Waals surface area contributed by atoms with Gasteiger partial charge in [-0.1, -0.05) is 44.2 Å². The number of amides is 3. The monoisotopic (exact) mass is 459 g/mol. The minimum atomic E-state index is -0.811. The van der Waals surface area contributed by atoms with E-state index >= 15 is 0 Å². The molecule has 2 N–H and O–H groups in total. The zero-order valence-electron chi connectivity index (χ0n) is 21.4. The lowest BCUT2D eigenvalue weighted by Crippen LogP contribution is -2.59. The highest BCUT2D eigenvalue weighted by Gasteiger charge is 2.43. The van der Waals surface area contributed by atoms with Gasteiger partial charge in [0, 0.05) is 11.6 Å². The molecule has 1 aliphatic rings. The lowest BCUT2D eigenvalue weighted by Gasteiger charge is -2.44. The molecule has 0 spiro atoms. The molecule has 1 aromatic carbocycles. The van der Waals surface area contributed by atoms with E-state index in [1.807, 2.05) is 65.0 Å². The maximum atomic E-state index is 14.0. The smallest absolute Gasteiger partial charge is 0.408 e. The number of nitrogens with one attached hydrogen (secondary N) is 2. The Morgan fingerprint density at radius 3 is 2.00 bits per heavy atom. The van der Waals surface area contributed by atoms with E-state index in [9.17, 15) is 14.4 Å². The van der Waals surface area contributed by atoms with Gasteiger partial charge < -0.3 is 20.3 Å². The number of rotatable bonds is 7. The molecule has 1 aromatic rings. The fourth-order valence-corrected chi connectivity index (χ4v) is 3.80. The van der Waals surface area contributed by atoms with Crippen LogP contribution in [0.4, 0.5) is 4.79 Å². The van der Waals surface area contributed by atoms with E-state index in [2.05, 4.69) is 10.6 Å². The Hall–Kier alpha value is -2.57. The molecule has 0 aliphatic heterocycles. The summed E-state index contributed by atoms with van der Waals surface area (Å²) in [4.78, 5) is 41.7. The summed E-state index contributed by atoms with van der Waals surface area (Å²) >= 11 is 0. The molecule has 3 amide bonds. The van der Waals surface area contributed by atoms with Crippen molar-refractivity contribution in [3.8, 4) is 0 Å². The molecule has 7 nitrogen and oxygen atoms in total. The van der Waals surface area contributed by atoms with E-state index in [4.69, 9.17) is 4.74 Å². The average molecular weight is 460 g/mol. The largest absolute Gasteiger partial charge is 0.444 e. The van der Waals surface area contributed by atoms with Crippen molar-refractivity contribution in [1.29, 1.82) is 0 Å². The molecule has 7 heteroatoms. The highest BCUT2D eigenvalue weighted by molar-refractivity contribution is 5.92. The molecule has 0 radical (unpaired) electrons. The lowest BCUT2D eigenvalue weighted by molar-refractivity contribution is -0.148. The van der Waals surface area contributed by atoms with Gasteiger partial charge in [-0.25, -0.2) is 4.79 Å². The Morgan fingerprint density at radius 2 is 1.58 bits per heavy atom. The van der Waals surface area contributed by atoms with Crippen LogP contribution in [0.25, 0.3) is 0 Å². The number of nitrogens with zero attached hydrogens (tertiary/aromatic N) is 1. The summed E-state index contributed by atoms with van der Waals surface area (Å²) in [5, 5.41) is 5.82. The van der Waals surface area contributed by atoms with Gasteiger partial charge in [0.2, 0.25) is 11.8 Å². The van der Waals surface area contributed by atoms with Gasteiger partial charge in [0.15, 0.2) is 0 Å². The van der Waals surface area contributed by atoms with Crippen LogP contribution in [0, 0.1) is 5.92 Å². The Morgan fingerprint density at radius 1 is 1.00 bits per heavy atom. The predicted octanol–water partition coefficient (Wildman–Crippen LogP) is 4.57. The second-order valence-corrected chi connectivity index (χ2v) is 11.3. The maximum Gasteiger partial charge on any atom is 0.408 e. The van der Waals surface area contributed by atoms with Crippen LogP contribution < -0.4 is 10.6 Å². The first-order valence-electron chi connectivity index (χ1n) is 11.9. The minimum absolute atomic E-state index is 0.0601. The number of benzene rings is 1. The molecule has 33 heavy (non-hydrogen) atoms. The van der Waals surface area contributed by atoms with E-state index in [1.165, 1.54) is 0 Å².